The summed E-state index contributed by atoms with van der Waals surface area (Å²) in [6.07, 6.45) is 0.0808. The van der Waals surface area contributed by atoms with Crippen molar-refractivity contribution in [1.82, 2.24) is 14.7 Å². The molecule has 162 valence electrons. The summed E-state index contributed by atoms with van der Waals surface area (Å²) in [5.74, 6) is 0.0109. The Morgan fingerprint density at radius 1 is 1.17 bits per heavy atom. The largest absolute Gasteiger partial charge is 0.402 e. The van der Waals surface area contributed by atoms with Crippen LogP contribution in [-0.4, -0.2) is 50.1 Å². The molecule has 0 radical (unpaired) electrons. The minimum absolute atomic E-state index is 0.235. The summed E-state index contributed by atoms with van der Waals surface area (Å²) in [7, 11) is -4.30. The molecule has 2 aromatic rings. The number of alkyl halides is 3. The molecular weight excluding hydrogens is 423 g/mol. The number of hydrogen-bond acceptors (Lipinski definition) is 6. The number of nitrogens with one attached hydrogen (secondary N) is 2. The fourth-order valence-corrected chi connectivity index (χ4v) is 4.06. The van der Waals surface area contributed by atoms with E-state index in [-0.39, 0.29) is 16.7 Å². The van der Waals surface area contributed by atoms with Crippen LogP contribution in [0.25, 0.3) is 0 Å². The highest BCUT2D eigenvalue weighted by Gasteiger charge is 2.30. The molecule has 1 aromatic carbocycles. The summed E-state index contributed by atoms with van der Waals surface area (Å²) < 4.78 is 62.0. The number of rotatable bonds is 6. The molecule has 8 nitrogen and oxygen atoms in total. The van der Waals surface area contributed by atoms with Crippen molar-refractivity contribution in [1.29, 1.82) is 0 Å². The van der Waals surface area contributed by atoms with Gasteiger partial charge in [0.25, 0.3) is 0 Å². The molecule has 1 fully saturated rings. The van der Waals surface area contributed by atoms with Crippen molar-refractivity contribution in [3.05, 3.63) is 42.7 Å². The highest BCUT2D eigenvalue weighted by molar-refractivity contribution is 7.89. The molecule has 0 spiro atoms. The molecule has 0 bridgehead atoms. The Bertz CT molecular complexity index is 969. The molecule has 12 heteroatoms. The van der Waals surface area contributed by atoms with Crippen LogP contribution >= 0.6 is 0 Å². The lowest BCUT2D eigenvalue weighted by atomic mass is 9.97. The molecule has 1 aliphatic rings. The molecule has 1 aliphatic heterocycles. The highest BCUT2D eigenvalue weighted by atomic mass is 32.2. The maximum absolute atomic E-state index is 12.6. The van der Waals surface area contributed by atoms with Crippen LogP contribution in [0.1, 0.15) is 12.8 Å². The number of benzene rings is 1. The van der Waals surface area contributed by atoms with Gasteiger partial charge in [0.2, 0.25) is 21.9 Å². The SMILES string of the molecule is O=C(Nc1ccc(S(=O)(=O)NCC(F)(F)F)cc1)C1CCCN(c2ncccn2)C1. The predicted octanol–water partition coefficient (Wildman–Crippen LogP) is 2.17. The molecule has 1 saturated heterocycles. The smallest absolute Gasteiger partial charge is 0.340 e. The minimum atomic E-state index is -4.65. The van der Waals surface area contributed by atoms with Crippen molar-refractivity contribution in [2.24, 2.45) is 5.92 Å². The van der Waals surface area contributed by atoms with E-state index in [9.17, 15) is 26.4 Å². The van der Waals surface area contributed by atoms with Gasteiger partial charge in [0.15, 0.2) is 0 Å². The third-order valence-electron chi connectivity index (χ3n) is 4.52. The Balaban J connectivity index is 1.60. The molecule has 1 aromatic heterocycles. The first-order valence-corrected chi connectivity index (χ1v) is 10.6. The average Bonchev–Trinajstić information content (AvgIpc) is 2.73. The van der Waals surface area contributed by atoms with Gasteiger partial charge in [0, 0.05) is 31.2 Å². The van der Waals surface area contributed by atoms with Gasteiger partial charge in [0.05, 0.1) is 10.8 Å². The molecule has 0 aliphatic carbocycles. The predicted molar refractivity (Wildman–Crippen MR) is 103 cm³/mol. The van der Waals surface area contributed by atoms with Crippen molar-refractivity contribution < 1.29 is 26.4 Å². The second-order valence-electron chi connectivity index (χ2n) is 6.79. The van der Waals surface area contributed by atoms with Crippen molar-refractivity contribution in [2.45, 2.75) is 23.9 Å². The van der Waals surface area contributed by atoms with E-state index in [2.05, 4.69) is 15.3 Å². The quantitative estimate of drug-likeness (QED) is 0.709. The maximum atomic E-state index is 12.6. The first-order chi connectivity index (χ1) is 14.1. The number of carbonyl (C=O) groups excluding carboxylic acids is 1. The molecule has 3 rings (SSSR count). The van der Waals surface area contributed by atoms with Crippen molar-refractivity contribution in [2.75, 3.05) is 29.9 Å². The number of anilines is 2. The number of sulfonamides is 1. The summed E-state index contributed by atoms with van der Waals surface area (Å²) in [4.78, 5) is 22.6. The van der Waals surface area contributed by atoms with Gasteiger partial charge in [-0.05, 0) is 43.2 Å². The first-order valence-electron chi connectivity index (χ1n) is 9.13. The zero-order valence-electron chi connectivity index (χ0n) is 15.8. The second kappa shape index (κ2) is 8.96. The van der Waals surface area contributed by atoms with Crippen molar-refractivity contribution >= 4 is 27.6 Å². The number of carbonyl (C=O) groups is 1. The van der Waals surface area contributed by atoms with E-state index >= 15 is 0 Å². The lowest BCUT2D eigenvalue weighted by molar-refractivity contribution is -0.121. The van der Waals surface area contributed by atoms with Gasteiger partial charge in [0.1, 0.15) is 6.54 Å². The van der Waals surface area contributed by atoms with E-state index < -0.39 is 22.7 Å². The Morgan fingerprint density at radius 3 is 2.47 bits per heavy atom. The van der Waals surface area contributed by atoms with Crippen molar-refractivity contribution in [3.63, 3.8) is 0 Å². The summed E-state index contributed by atoms with van der Waals surface area (Å²) in [5, 5.41) is 2.72. The molecule has 1 amide bonds. The van der Waals surface area contributed by atoms with Gasteiger partial charge >= 0.3 is 6.18 Å². The van der Waals surface area contributed by atoms with E-state index in [1.165, 1.54) is 16.9 Å². The standard InChI is InChI=1S/C18H20F3N5O3S/c19-18(20,21)12-24-30(28,29)15-6-4-14(5-7-15)25-16(27)13-3-1-10-26(11-13)17-22-8-2-9-23-17/h2,4-9,13,24H,1,3,10-12H2,(H,25,27). The zero-order chi connectivity index (χ0) is 21.8. The lowest BCUT2D eigenvalue weighted by Gasteiger charge is -2.31. The summed E-state index contributed by atoms with van der Waals surface area (Å²) in [5.41, 5.74) is 0.350. The highest BCUT2D eigenvalue weighted by Crippen LogP contribution is 2.22. The average molecular weight is 443 g/mol. The number of hydrogen-bond donors (Lipinski definition) is 2. The number of halogens is 3. The number of nitrogens with zero attached hydrogens (tertiary/aromatic N) is 3. The Hall–Kier alpha value is -2.73. The molecular formula is C18H20F3N5O3S. The third-order valence-corrected chi connectivity index (χ3v) is 5.94. The fraction of sp³-hybridized carbons (Fsp3) is 0.389. The van der Waals surface area contributed by atoms with Crippen LogP contribution in [0.5, 0.6) is 0 Å². The van der Waals surface area contributed by atoms with Crippen LogP contribution in [0, 0.1) is 5.92 Å². The van der Waals surface area contributed by atoms with Gasteiger partial charge in [-0.25, -0.2) is 23.1 Å². The molecule has 1 atom stereocenters. The van der Waals surface area contributed by atoms with E-state index in [4.69, 9.17) is 0 Å². The number of aromatic nitrogens is 2. The van der Waals surface area contributed by atoms with Gasteiger partial charge in [-0.2, -0.15) is 13.2 Å². The Morgan fingerprint density at radius 2 is 1.83 bits per heavy atom. The third kappa shape index (κ3) is 5.89. The van der Waals surface area contributed by atoms with Gasteiger partial charge in [-0.15, -0.1) is 0 Å². The molecule has 2 N–H and O–H groups in total. The topological polar surface area (TPSA) is 104 Å². The summed E-state index contributed by atoms with van der Waals surface area (Å²) in [6.45, 7) is -0.466. The van der Waals surface area contributed by atoms with Crippen molar-refractivity contribution in [3.8, 4) is 0 Å². The van der Waals surface area contributed by atoms with Gasteiger partial charge in [-0.3, -0.25) is 4.79 Å². The minimum Gasteiger partial charge on any atom is -0.340 e. The fourth-order valence-electron chi connectivity index (χ4n) is 3.05. The van der Waals surface area contributed by atoms with Crippen LogP contribution in [-0.2, 0) is 14.8 Å². The maximum Gasteiger partial charge on any atom is 0.402 e. The summed E-state index contributed by atoms with van der Waals surface area (Å²) in [6, 6.07) is 6.65. The Labute approximate surface area is 171 Å². The van der Waals surface area contributed by atoms with E-state index in [1.807, 2.05) is 4.90 Å². The normalized spacial score (nSPS) is 17.6. The van der Waals surface area contributed by atoms with Crippen LogP contribution in [0.4, 0.5) is 24.8 Å². The first kappa shape index (κ1) is 22.0. The summed E-state index contributed by atoms with van der Waals surface area (Å²) >= 11 is 0. The van der Waals surface area contributed by atoms with E-state index in [0.29, 0.717) is 24.6 Å². The monoisotopic (exact) mass is 443 g/mol. The van der Waals surface area contributed by atoms with Crippen LogP contribution < -0.4 is 14.9 Å². The van der Waals surface area contributed by atoms with Crippen LogP contribution in [0.15, 0.2) is 47.6 Å². The zero-order valence-corrected chi connectivity index (χ0v) is 16.6. The van der Waals surface area contributed by atoms with Crippen LogP contribution in [0.3, 0.4) is 0 Å². The second-order valence-corrected chi connectivity index (χ2v) is 8.55. The van der Waals surface area contributed by atoms with E-state index in [1.54, 1.807) is 18.5 Å². The molecule has 30 heavy (non-hydrogen) atoms. The number of piperidine rings is 1. The molecule has 2 heterocycles. The number of amides is 1. The molecule has 0 saturated carbocycles. The Kier molecular flexibility index (Phi) is 6.56. The molecule has 1 unspecified atom stereocenters. The van der Waals surface area contributed by atoms with Gasteiger partial charge < -0.3 is 10.2 Å². The van der Waals surface area contributed by atoms with Gasteiger partial charge in [-0.1, -0.05) is 0 Å². The van der Waals surface area contributed by atoms with Crippen LogP contribution in [0.2, 0.25) is 0 Å². The lowest BCUT2D eigenvalue weighted by Crippen LogP contribution is -2.41. The van der Waals surface area contributed by atoms with E-state index in [0.717, 1.165) is 25.1 Å².